The van der Waals surface area contributed by atoms with Crippen molar-refractivity contribution in [3.8, 4) is 0 Å². The molecule has 1 unspecified atom stereocenters. The first kappa shape index (κ1) is 14.7. The third kappa shape index (κ3) is 3.26. The Morgan fingerprint density at radius 2 is 2.17 bits per heavy atom. The Morgan fingerprint density at radius 3 is 2.61 bits per heavy atom. The highest BCUT2D eigenvalue weighted by Crippen LogP contribution is 2.34. The van der Waals surface area contributed by atoms with Gasteiger partial charge in [0.05, 0.1) is 20.3 Å². The van der Waals surface area contributed by atoms with E-state index < -0.39 is 25.9 Å². The van der Waals surface area contributed by atoms with Crippen molar-refractivity contribution in [2.45, 2.75) is 16.7 Å². The van der Waals surface area contributed by atoms with Crippen molar-refractivity contribution < 1.29 is 16.8 Å². The van der Waals surface area contributed by atoms with Crippen LogP contribution in [0, 0.1) is 0 Å². The van der Waals surface area contributed by atoms with E-state index in [0.717, 1.165) is 11.3 Å². The summed E-state index contributed by atoms with van der Waals surface area (Å²) >= 11 is 9.90. The van der Waals surface area contributed by atoms with Gasteiger partial charge >= 0.3 is 0 Å². The molecule has 0 bridgehead atoms. The second kappa shape index (κ2) is 5.02. The standard InChI is InChI=1S/C8H9BrClNO4S3/c9-8-6(10)3-7(16-8)18(14,15)11-5-1-2-17(12,13)4-5/h3,5,11H,1-2,4H2. The Kier molecular flexibility index (Phi) is 4.11. The van der Waals surface area contributed by atoms with E-state index in [2.05, 4.69) is 20.7 Å². The lowest BCUT2D eigenvalue weighted by molar-refractivity contribution is 0.564. The Balaban J connectivity index is 2.18. The molecule has 0 spiro atoms. The van der Waals surface area contributed by atoms with Gasteiger partial charge < -0.3 is 0 Å². The predicted molar refractivity (Wildman–Crippen MR) is 74.4 cm³/mol. The number of sulfonamides is 1. The minimum absolute atomic E-state index is 0.0229. The van der Waals surface area contributed by atoms with E-state index in [9.17, 15) is 16.8 Å². The SMILES string of the molecule is O=S1(=O)CCC(NS(=O)(=O)c2cc(Cl)c(Br)s2)C1. The average molecular weight is 395 g/mol. The molecule has 1 aliphatic heterocycles. The largest absolute Gasteiger partial charge is 0.250 e. The van der Waals surface area contributed by atoms with Crippen LogP contribution in [0.5, 0.6) is 0 Å². The number of nitrogens with one attached hydrogen (secondary N) is 1. The first-order valence-electron chi connectivity index (χ1n) is 4.87. The fourth-order valence-electron chi connectivity index (χ4n) is 1.62. The maximum atomic E-state index is 12.0. The molecule has 1 aliphatic rings. The van der Waals surface area contributed by atoms with Gasteiger partial charge in [0.25, 0.3) is 0 Å². The number of halogens is 2. The third-order valence-electron chi connectivity index (χ3n) is 2.44. The smallest absolute Gasteiger partial charge is 0.229 e. The Labute approximate surface area is 123 Å². The highest BCUT2D eigenvalue weighted by atomic mass is 79.9. The molecule has 1 aromatic rings. The topological polar surface area (TPSA) is 80.3 Å². The Morgan fingerprint density at radius 1 is 1.50 bits per heavy atom. The zero-order valence-corrected chi connectivity index (χ0v) is 13.7. The lowest BCUT2D eigenvalue weighted by Gasteiger charge is -2.09. The van der Waals surface area contributed by atoms with E-state index >= 15 is 0 Å². The van der Waals surface area contributed by atoms with Crippen LogP contribution in [-0.4, -0.2) is 34.4 Å². The molecule has 0 amide bonds. The monoisotopic (exact) mass is 393 g/mol. The first-order valence-corrected chi connectivity index (χ1v) is 10.2. The van der Waals surface area contributed by atoms with Crippen molar-refractivity contribution in [1.82, 2.24) is 4.72 Å². The van der Waals surface area contributed by atoms with Crippen molar-refractivity contribution in [2.24, 2.45) is 0 Å². The van der Waals surface area contributed by atoms with Gasteiger partial charge in [0.2, 0.25) is 10.0 Å². The molecule has 1 atom stereocenters. The van der Waals surface area contributed by atoms with E-state index in [1.807, 2.05) is 0 Å². The quantitative estimate of drug-likeness (QED) is 0.845. The van der Waals surface area contributed by atoms with E-state index in [-0.39, 0.29) is 15.7 Å². The summed E-state index contributed by atoms with van der Waals surface area (Å²) in [6, 6.07) is 0.780. The molecule has 1 saturated heterocycles. The summed E-state index contributed by atoms with van der Waals surface area (Å²) < 4.78 is 49.5. The maximum absolute atomic E-state index is 12.0. The van der Waals surface area contributed by atoms with E-state index in [0.29, 0.717) is 15.2 Å². The van der Waals surface area contributed by atoms with Crippen molar-refractivity contribution >= 4 is 58.7 Å². The first-order chi connectivity index (χ1) is 8.20. The maximum Gasteiger partial charge on any atom is 0.250 e. The van der Waals surface area contributed by atoms with Gasteiger partial charge in [0.1, 0.15) is 4.21 Å². The van der Waals surface area contributed by atoms with E-state index in [1.165, 1.54) is 6.07 Å². The van der Waals surface area contributed by atoms with Gasteiger partial charge in [-0.05, 0) is 28.4 Å². The zero-order valence-electron chi connectivity index (χ0n) is 8.89. The third-order valence-corrected chi connectivity index (χ3v) is 8.68. The van der Waals surface area contributed by atoms with Crippen molar-refractivity contribution in [3.63, 3.8) is 0 Å². The molecule has 2 heterocycles. The summed E-state index contributed by atoms with van der Waals surface area (Å²) in [5, 5.41) is 0.319. The van der Waals surface area contributed by atoms with Gasteiger partial charge in [-0.25, -0.2) is 21.6 Å². The molecule has 5 nitrogen and oxygen atoms in total. The molecular weight excluding hydrogens is 386 g/mol. The summed E-state index contributed by atoms with van der Waals surface area (Å²) in [5.41, 5.74) is 0. The van der Waals surface area contributed by atoms with Crippen LogP contribution in [0.2, 0.25) is 5.02 Å². The molecule has 0 radical (unpaired) electrons. The fourth-order valence-corrected chi connectivity index (χ4v) is 7.09. The number of sulfone groups is 1. The Bertz CT molecular complexity index is 647. The molecule has 1 fully saturated rings. The number of rotatable bonds is 3. The summed E-state index contributed by atoms with van der Waals surface area (Å²) in [7, 11) is -6.82. The molecule has 0 saturated carbocycles. The fraction of sp³-hybridized carbons (Fsp3) is 0.500. The molecule has 2 rings (SSSR count). The van der Waals surface area contributed by atoms with Gasteiger partial charge in [-0.3, -0.25) is 0 Å². The van der Waals surface area contributed by atoms with Crippen LogP contribution < -0.4 is 4.72 Å². The molecule has 10 heteroatoms. The van der Waals surface area contributed by atoms with Crippen molar-refractivity contribution in [2.75, 3.05) is 11.5 Å². The van der Waals surface area contributed by atoms with Gasteiger partial charge in [-0.15, -0.1) is 11.3 Å². The number of hydrogen-bond donors (Lipinski definition) is 1. The second-order valence-electron chi connectivity index (χ2n) is 3.91. The van der Waals surface area contributed by atoms with Gasteiger partial charge in [-0.1, -0.05) is 11.6 Å². The molecular formula is C8H9BrClNO4S3. The Hall–Kier alpha value is 0.330. The van der Waals surface area contributed by atoms with Crippen molar-refractivity contribution in [3.05, 3.63) is 14.9 Å². The average Bonchev–Trinajstić information content (AvgIpc) is 2.71. The lowest BCUT2D eigenvalue weighted by atomic mass is 10.3. The predicted octanol–water partition coefficient (Wildman–Crippen LogP) is 1.63. The minimum Gasteiger partial charge on any atom is -0.229 e. The second-order valence-corrected chi connectivity index (χ2v) is 10.9. The normalized spacial score (nSPS) is 23.3. The van der Waals surface area contributed by atoms with Crippen LogP contribution in [-0.2, 0) is 19.9 Å². The van der Waals surface area contributed by atoms with Crippen LogP contribution >= 0.6 is 38.9 Å². The van der Waals surface area contributed by atoms with Gasteiger partial charge in [0, 0.05) is 6.04 Å². The van der Waals surface area contributed by atoms with Crippen LogP contribution in [0.15, 0.2) is 14.1 Å². The van der Waals surface area contributed by atoms with Crippen molar-refractivity contribution in [1.29, 1.82) is 0 Å². The summed E-state index contributed by atoms with van der Waals surface area (Å²) in [5.74, 6) is -0.123. The number of thiophene rings is 1. The molecule has 0 aromatic carbocycles. The van der Waals surface area contributed by atoms with Gasteiger partial charge in [-0.2, -0.15) is 0 Å². The highest BCUT2D eigenvalue weighted by Gasteiger charge is 2.32. The minimum atomic E-state index is -3.71. The number of hydrogen-bond acceptors (Lipinski definition) is 5. The van der Waals surface area contributed by atoms with Crippen LogP contribution in [0.3, 0.4) is 0 Å². The van der Waals surface area contributed by atoms with E-state index in [4.69, 9.17) is 11.6 Å². The molecule has 0 aliphatic carbocycles. The van der Waals surface area contributed by atoms with Crippen LogP contribution in [0.4, 0.5) is 0 Å². The summed E-state index contributed by atoms with van der Waals surface area (Å²) in [4.78, 5) is 0. The highest BCUT2D eigenvalue weighted by molar-refractivity contribution is 9.11. The molecule has 1 N–H and O–H groups in total. The van der Waals surface area contributed by atoms with Crippen LogP contribution in [0.1, 0.15) is 6.42 Å². The van der Waals surface area contributed by atoms with Gasteiger partial charge in [0.15, 0.2) is 9.84 Å². The molecule has 18 heavy (non-hydrogen) atoms. The zero-order chi connectivity index (χ0) is 13.6. The summed E-state index contributed by atoms with van der Waals surface area (Å²) in [6.45, 7) is 0. The van der Waals surface area contributed by atoms with Crippen LogP contribution in [0.25, 0.3) is 0 Å². The molecule has 1 aromatic heterocycles. The van der Waals surface area contributed by atoms with E-state index in [1.54, 1.807) is 0 Å². The summed E-state index contributed by atoms with van der Waals surface area (Å²) in [6.07, 6.45) is 0.307. The lowest BCUT2D eigenvalue weighted by Crippen LogP contribution is -2.35. The molecule has 102 valence electrons.